The van der Waals surface area contributed by atoms with Crippen molar-refractivity contribution in [2.45, 2.75) is 64.3 Å². The van der Waals surface area contributed by atoms with Gasteiger partial charge in [-0.3, -0.25) is 0 Å². The van der Waals surface area contributed by atoms with Crippen LogP contribution >= 0.6 is 0 Å². The molecule has 0 spiro atoms. The summed E-state index contributed by atoms with van der Waals surface area (Å²) in [5, 5.41) is 0. The van der Waals surface area contributed by atoms with Crippen molar-refractivity contribution in [3.8, 4) is 17.2 Å². The van der Waals surface area contributed by atoms with Crippen LogP contribution in [0.1, 0.15) is 58.3 Å². The Balaban J connectivity index is 1.74. The summed E-state index contributed by atoms with van der Waals surface area (Å²) in [5.41, 5.74) is 0. The Hall–Kier alpha value is -2.72. The van der Waals surface area contributed by atoms with E-state index in [1.54, 1.807) is 0 Å². The molecule has 0 aliphatic carbocycles. The molecule has 0 fully saturated rings. The lowest BCUT2D eigenvalue weighted by molar-refractivity contribution is 0.258. The molecule has 0 saturated carbocycles. The molecule has 0 radical (unpaired) electrons. The van der Waals surface area contributed by atoms with E-state index in [1.165, 1.54) is 38.5 Å². The third-order valence-corrected chi connectivity index (χ3v) is 7.99. The molecule has 0 aromatic heterocycles. The average Bonchev–Trinajstić information content (AvgIpc) is 2.83. The van der Waals surface area contributed by atoms with Gasteiger partial charge in [0.15, 0.2) is 0 Å². The van der Waals surface area contributed by atoms with E-state index in [0.717, 1.165) is 36.1 Å². The predicted octanol–water partition coefficient (Wildman–Crippen LogP) is 8.30. The molecule has 0 N–H and O–H groups in total. The molecule has 0 heterocycles. The smallest absolute Gasteiger partial charge is 0.483 e. The van der Waals surface area contributed by atoms with E-state index in [0.29, 0.717) is 0 Å². The van der Waals surface area contributed by atoms with Gasteiger partial charge >= 0.3 is 8.80 Å². The first-order chi connectivity index (χ1) is 15.8. The Labute approximate surface area is 194 Å². The van der Waals surface area contributed by atoms with Crippen LogP contribution in [0.5, 0.6) is 17.2 Å². The molecule has 3 nitrogen and oxygen atoms in total. The van der Waals surface area contributed by atoms with Gasteiger partial charge in [0.2, 0.25) is 0 Å². The number of hydrogen-bond acceptors (Lipinski definition) is 3. The molecular formula is C28H36O3Si. The lowest BCUT2D eigenvalue weighted by Gasteiger charge is -2.30. The van der Waals surface area contributed by atoms with Crippen LogP contribution < -0.4 is 13.3 Å². The molecule has 3 aromatic rings. The van der Waals surface area contributed by atoms with Gasteiger partial charge < -0.3 is 13.3 Å². The fraction of sp³-hybridized carbons (Fsp3) is 0.357. The highest BCUT2D eigenvalue weighted by Crippen LogP contribution is 2.28. The van der Waals surface area contributed by atoms with E-state index in [1.807, 2.05) is 91.0 Å². The summed E-state index contributed by atoms with van der Waals surface area (Å²) in [5.74, 6) is 2.35. The molecule has 3 rings (SSSR count). The Bertz CT molecular complexity index is 754. The topological polar surface area (TPSA) is 27.7 Å². The van der Waals surface area contributed by atoms with Gasteiger partial charge in [-0.25, -0.2) is 0 Å². The first-order valence-corrected chi connectivity index (χ1v) is 13.9. The second-order valence-corrected chi connectivity index (χ2v) is 10.6. The average molecular weight is 449 g/mol. The lowest BCUT2D eigenvalue weighted by Crippen LogP contribution is -2.54. The molecule has 32 heavy (non-hydrogen) atoms. The number of hydrogen-bond donors (Lipinski definition) is 0. The van der Waals surface area contributed by atoms with Crippen molar-refractivity contribution in [3.05, 3.63) is 91.0 Å². The minimum atomic E-state index is -3.10. The highest BCUT2D eigenvalue weighted by atomic mass is 28.4. The summed E-state index contributed by atoms with van der Waals surface area (Å²) in [6.45, 7) is 2.26. The maximum atomic E-state index is 6.56. The molecule has 0 unspecified atom stereocenters. The van der Waals surface area contributed by atoms with Gasteiger partial charge in [-0.2, -0.15) is 0 Å². The summed E-state index contributed by atoms with van der Waals surface area (Å²) < 4.78 is 19.7. The molecule has 4 heteroatoms. The zero-order valence-corrected chi connectivity index (χ0v) is 20.2. The fourth-order valence-corrected chi connectivity index (χ4v) is 6.30. The van der Waals surface area contributed by atoms with Gasteiger partial charge in [-0.05, 0) is 42.8 Å². The minimum absolute atomic E-state index is 0.765. The number of benzene rings is 3. The zero-order valence-electron chi connectivity index (χ0n) is 19.2. The molecule has 0 aliphatic rings. The van der Waals surface area contributed by atoms with E-state index in [9.17, 15) is 0 Å². The zero-order chi connectivity index (χ0) is 22.3. The SMILES string of the molecule is CCCCCCCCCC[Si](Oc1ccccc1)(Oc1ccccc1)Oc1ccccc1. The standard InChI is InChI=1S/C28H36O3Si/c1-2-3-4-5-6-7-8-18-25-32(29-26-19-12-9-13-20-26,30-27-21-14-10-15-22-27)31-28-23-16-11-17-24-28/h9-17,19-24H,2-8,18,25H2,1H3. The number of rotatable bonds is 15. The summed E-state index contributed by atoms with van der Waals surface area (Å²) in [7, 11) is -3.10. The van der Waals surface area contributed by atoms with Crippen molar-refractivity contribution in [3.63, 3.8) is 0 Å². The summed E-state index contributed by atoms with van der Waals surface area (Å²) in [4.78, 5) is 0. The number of unbranched alkanes of at least 4 members (excludes halogenated alkanes) is 7. The second kappa shape index (κ2) is 13.6. The van der Waals surface area contributed by atoms with Gasteiger partial charge in [-0.1, -0.05) is 106 Å². The first kappa shape index (κ1) is 23.9. The van der Waals surface area contributed by atoms with Crippen LogP contribution in [0, 0.1) is 0 Å². The predicted molar refractivity (Wildman–Crippen MR) is 134 cm³/mol. The van der Waals surface area contributed by atoms with Crippen LogP contribution in [0.25, 0.3) is 0 Å². The molecule has 0 bridgehead atoms. The van der Waals surface area contributed by atoms with Gasteiger partial charge in [0.05, 0.1) is 6.04 Å². The van der Waals surface area contributed by atoms with Crippen LogP contribution in [0.2, 0.25) is 6.04 Å². The van der Waals surface area contributed by atoms with Crippen LogP contribution in [0.4, 0.5) is 0 Å². The molecule has 0 aliphatic heterocycles. The van der Waals surface area contributed by atoms with Crippen molar-refractivity contribution in [2.24, 2.45) is 0 Å². The van der Waals surface area contributed by atoms with Gasteiger partial charge in [0.25, 0.3) is 0 Å². The van der Waals surface area contributed by atoms with E-state index >= 15 is 0 Å². The third kappa shape index (κ3) is 8.43. The van der Waals surface area contributed by atoms with Gasteiger partial charge in [-0.15, -0.1) is 0 Å². The Morgan fingerprint density at radius 1 is 0.469 bits per heavy atom. The third-order valence-electron chi connectivity index (χ3n) is 5.39. The van der Waals surface area contributed by atoms with Crippen LogP contribution in [-0.4, -0.2) is 8.80 Å². The molecular weight excluding hydrogens is 412 g/mol. The maximum Gasteiger partial charge on any atom is 0.699 e. The van der Waals surface area contributed by atoms with Crippen LogP contribution in [0.3, 0.4) is 0 Å². The molecule has 0 amide bonds. The first-order valence-electron chi connectivity index (χ1n) is 12.0. The molecule has 3 aromatic carbocycles. The van der Waals surface area contributed by atoms with Crippen LogP contribution in [-0.2, 0) is 0 Å². The summed E-state index contributed by atoms with van der Waals surface area (Å²) in [6, 6.07) is 30.5. The summed E-state index contributed by atoms with van der Waals surface area (Å²) in [6.07, 6.45) is 10.0. The van der Waals surface area contributed by atoms with Crippen molar-refractivity contribution < 1.29 is 13.3 Å². The molecule has 0 saturated heterocycles. The highest BCUT2D eigenvalue weighted by molar-refractivity contribution is 6.63. The van der Waals surface area contributed by atoms with Gasteiger partial charge in [0.1, 0.15) is 17.2 Å². The summed E-state index contributed by atoms with van der Waals surface area (Å²) >= 11 is 0. The normalized spacial score (nSPS) is 11.2. The monoisotopic (exact) mass is 448 g/mol. The quantitative estimate of drug-likeness (QED) is 0.173. The highest BCUT2D eigenvalue weighted by Gasteiger charge is 2.48. The van der Waals surface area contributed by atoms with Crippen molar-refractivity contribution in [1.82, 2.24) is 0 Å². The number of para-hydroxylation sites is 3. The van der Waals surface area contributed by atoms with Crippen LogP contribution in [0.15, 0.2) is 91.0 Å². The van der Waals surface area contributed by atoms with Crippen molar-refractivity contribution in [2.75, 3.05) is 0 Å². The van der Waals surface area contributed by atoms with Gasteiger partial charge in [0, 0.05) is 0 Å². The van der Waals surface area contributed by atoms with E-state index in [4.69, 9.17) is 13.3 Å². The van der Waals surface area contributed by atoms with Crippen molar-refractivity contribution >= 4 is 8.80 Å². The maximum absolute atomic E-state index is 6.56. The Morgan fingerprint density at radius 2 is 0.812 bits per heavy atom. The van der Waals surface area contributed by atoms with E-state index < -0.39 is 8.80 Å². The Morgan fingerprint density at radius 3 is 1.19 bits per heavy atom. The van der Waals surface area contributed by atoms with Crippen molar-refractivity contribution in [1.29, 1.82) is 0 Å². The Kier molecular flexibility index (Phi) is 10.2. The fourth-order valence-electron chi connectivity index (χ4n) is 3.70. The minimum Gasteiger partial charge on any atom is -0.483 e. The molecule has 0 atom stereocenters. The second-order valence-electron chi connectivity index (χ2n) is 8.15. The van der Waals surface area contributed by atoms with E-state index in [-0.39, 0.29) is 0 Å². The largest absolute Gasteiger partial charge is 0.699 e. The molecule has 170 valence electrons. The lowest BCUT2D eigenvalue weighted by atomic mass is 10.1. The van der Waals surface area contributed by atoms with E-state index in [2.05, 4.69) is 6.92 Å².